The predicted octanol–water partition coefficient (Wildman–Crippen LogP) is 2.62. The van der Waals surface area contributed by atoms with E-state index in [-0.39, 0.29) is 12.0 Å². The van der Waals surface area contributed by atoms with Gasteiger partial charge in [-0.05, 0) is 54.2 Å². The molecule has 1 aromatic carbocycles. The van der Waals surface area contributed by atoms with Crippen LogP contribution in [0.3, 0.4) is 0 Å². The van der Waals surface area contributed by atoms with Gasteiger partial charge in [-0.2, -0.15) is 4.52 Å². The normalized spacial score (nSPS) is 20.2. The van der Waals surface area contributed by atoms with Crippen molar-refractivity contribution in [3.05, 3.63) is 47.2 Å². The van der Waals surface area contributed by atoms with E-state index >= 15 is 0 Å². The third kappa shape index (κ3) is 3.60. The molecule has 5 rings (SSSR count). The number of piperidine rings is 1. The standard InChI is InChI=1S/C21H24ClN7O/c22-18-6-2-1-4-16(18)12-17-5-3-9-28(17)21(30)15-7-10-27(11-8-15)20-14-23-13-19-24-25-26-29(19)20/h1-2,4,6,13-15,17H,3,5,7-12H2/t17-/m0/s1. The van der Waals surface area contributed by atoms with Gasteiger partial charge in [-0.1, -0.05) is 29.8 Å². The second-order valence-electron chi connectivity index (χ2n) is 8.10. The molecule has 0 radical (unpaired) electrons. The van der Waals surface area contributed by atoms with Crippen molar-refractivity contribution in [2.24, 2.45) is 5.92 Å². The number of amides is 1. The summed E-state index contributed by atoms with van der Waals surface area (Å²) in [5.74, 6) is 1.23. The monoisotopic (exact) mass is 425 g/mol. The molecule has 1 atom stereocenters. The van der Waals surface area contributed by atoms with Gasteiger partial charge in [0.15, 0.2) is 11.5 Å². The highest BCUT2D eigenvalue weighted by Crippen LogP contribution is 2.30. The van der Waals surface area contributed by atoms with Crippen LogP contribution in [0.5, 0.6) is 0 Å². The molecule has 156 valence electrons. The quantitative estimate of drug-likeness (QED) is 0.639. The lowest BCUT2D eigenvalue weighted by Gasteiger charge is -2.35. The molecule has 2 saturated heterocycles. The number of anilines is 1. The van der Waals surface area contributed by atoms with E-state index < -0.39 is 0 Å². The first kappa shape index (κ1) is 19.2. The van der Waals surface area contributed by atoms with Gasteiger partial charge in [0.25, 0.3) is 0 Å². The first-order valence-electron chi connectivity index (χ1n) is 10.5. The van der Waals surface area contributed by atoms with Gasteiger partial charge in [-0.15, -0.1) is 5.10 Å². The van der Waals surface area contributed by atoms with E-state index in [9.17, 15) is 4.79 Å². The van der Waals surface area contributed by atoms with E-state index in [4.69, 9.17) is 11.6 Å². The van der Waals surface area contributed by atoms with E-state index in [1.54, 1.807) is 16.9 Å². The molecular weight excluding hydrogens is 402 g/mol. The van der Waals surface area contributed by atoms with Gasteiger partial charge in [0.1, 0.15) is 0 Å². The Kier molecular flexibility index (Phi) is 5.25. The molecule has 0 aliphatic carbocycles. The van der Waals surface area contributed by atoms with Crippen LogP contribution in [-0.4, -0.2) is 61.5 Å². The molecule has 3 aromatic rings. The second-order valence-corrected chi connectivity index (χ2v) is 8.51. The van der Waals surface area contributed by atoms with Gasteiger partial charge in [0.2, 0.25) is 5.91 Å². The molecule has 0 bridgehead atoms. The number of fused-ring (bicyclic) bond motifs is 1. The molecule has 4 heterocycles. The number of rotatable bonds is 4. The van der Waals surface area contributed by atoms with Crippen LogP contribution in [0.2, 0.25) is 5.02 Å². The number of carbonyl (C=O) groups is 1. The Morgan fingerprint density at radius 3 is 2.77 bits per heavy atom. The molecule has 2 fully saturated rings. The highest BCUT2D eigenvalue weighted by molar-refractivity contribution is 6.31. The smallest absolute Gasteiger partial charge is 0.226 e. The number of aromatic nitrogens is 5. The Bertz CT molecular complexity index is 1050. The number of tetrazole rings is 1. The summed E-state index contributed by atoms with van der Waals surface area (Å²) in [5.41, 5.74) is 1.76. The van der Waals surface area contributed by atoms with Gasteiger partial charge in [-0.25, -0.2) is 0 Å². The Hall–Kier alpha value is -2.74. The summed E-state index contributed by atoms with van der Waals surface area (Å²) in [6.07, 6.45) is 8.02. The Morgan fingerprint density at radius 1 is 1.10 bits per heavy atom. The zero-order valence-corrected chi connectivity index (χ0v) is 17.4. The average molecular weight is 426 g/mol. The predicted molar refractivity (Wildman–Crippen MR) is 113 cm³/mol. The summed E-state index contributed by atoms with van der Waals surface area (Å²) in [4.78, 5) is 21.9. The van der Waals surface area contributed by atoms with Crippen LogP contribution < -0.4 is 4.90 Å². The zero-order chi connectivity index (χ0) is 20.5. The van der Waals surface area contributed by atoms with Crippen molar-refractivity contribution >= 4 is 29.0 Å². The summed E-state index contributed by atoms with van der Waals surface area (Å²) in [7, 11) is 0. The molecule has 2 aliphatic rings. The van der Waals surface area contributed by atoms with Crippen LogP contribution in [0.25, 0.3) is 5.65 Å². The van der Waals surface area contributed by atoms with Gasteiger partial charge < -0.3 is 9.80 Å². The third-order valence-corrected chi connectivity index (χ3v) is 6.70. The number of benzene rings is 1. The van der Waals surface area contributed by atoms with E-state index in [2.05, 4.69) is 36.4 Å². The van der Waals surface area contributed by atoms with Crippen molar-refractivity contribution in [3.63, 3.8) is 0 Å². The van der Waals surface area contributed by atoms with Crippen molar-refractivity contribution in [1.82, 2.24) is 29.9 Å². The molecular formula is C21H24ClN7O. The van der Waals surface area contributed by atoms with Crippen molar-refractivity contribution in [3.8, 4) is 0 Å². The molecule has 0 spiro atoms. The number of halogens is 1. The SMILES string of the molecule is O=C(C1CCN(c2cncc3nnnn23)CC1)N1CCC[C@H]1Cc1ccccc1Cl. The number of carbonyl (C=O) groups excluding carboxylic acids is 1. The first-order valence-corrected chi connectivity index (χ1v) is 10.9. The fourth-order valence-corrected chi connectivity index (χ4v) is 4.94. The highest BCUT2D eigenvalue weighted by Gasteiger charge is 2.35. The molecule has 9 heteroatoms. The lowest BCUT2D eigenvalue weighted by molar-refractivity contribution is -0.137. The minimum atomic E-state index is 0.0640. The molecule has 0 unspecified atom stereocenters. The number of hydrogen-bond donors (Lipinski definition) is 0. The largest absolute Gasteiger partial charge is 0.355 e. The minimum absolute atomic E-state index is 0.0640. The van der Waals surface area contributed by atoms with Crippen LogP contribution >= 0.6 is 11.6 Å². The molecule has 8 nitrogen and oxygen atoms in total. The van der Waals surface area contributed by atoms with E-state index in [0.29, 0.717) is 11.6 Å². The molecule has 0 saturated carbocycles. The summed E-state index contributed by atoms with van der Waals surface area (Å²) >= 11 is 6.36. The molecule has 1 amide bonds. The van der Waals surface area contributed by atoms with Crippen molar-refractivity contribution in [2.75, 3.05) is 24.5 Å². The molecule has 0 N–H and O–H groups in total. The van der Waals surface area contributed by atoms with E-state index in [0.717, 1.165) is 68.1 Å². The summed E-state index contributed by atoms with van der Waals surface area (Å²) in [6.45, 7) is 2.43. The first-order chi connectivity index (χ1) is 14.7. The number of likely N-dealkylation sites (tertiary alicyclic amines) is 1. The summed E-state index contributed by atoms with van der Waals surface area (Å²) in [5, 5.41) is 12.5. The lowest BCUT2D eigenvalue weighted by atomic mass is 9.94. The van der Waals surface area contributed by atoms with Gasteiger partial charge >= 0.3 is 0 Å². The number of hydrogen-bond acceptors (Lipinski definition) is 6. The summed E-state index contributed by atoms with van der Waals surface area (Å²) in [6, 6.07) is 8.19. The van der Waals surface area contributed by atoms with Crippen molar-refractivity contribution in [1.29, 1.82) is 0 Å². The van der Waals surface area contributed by atoms with Crippen LogP contribution in [0.4, 0.5) is 5.82 Å². The Morgan fingerprint density at radius 2 is 1.93 bits per heavy atom. The molecule has 30 heavy (non-hydrogen) atoms. The topological polar surface area (TPSA) is 79.5 Å². The second kappa shape index (κ2) is 8.18. The van der Waals surface area contributed by atoms with Gasteiger partial charge in [-0.3, -0.25) is 9.78 Å². The third-order valence-electron chi connectivity index (χ3n) is 6.33. The van der Waals surface area contributed by atoms with Crippen LogP contribution in [0.15, 0.2) is 36.7 Å². The summed E-state index contributed by atoms with van der Waals surface area (Å²) < 4.78 is 1.70. The van der Waals surface area contributed by atoms with E-state index in [1.165, 1.54) is 0 Å². The van der Waals surface area contributed by atoms with Crippen LogP contribution in [-0.2, 0) is 11.2 Å². The Balaban J connectivity index is 1.24. The Labute approximate surface area is 179 Å². The minimum Gasteiger partial charge on any atom is -0.355 e. The number of nitrogens with zero attached hydrogens (tertiary/aromatic N) is 7. The van der Waals surface area contributed by atoms with Crippen LogP contribution in [0.1, 0.15) is 31.2 Å². The maximum Gasteiger partial charge on any atom is 0.226 e. The van der Waals surface area contributed by atoms with Crippen molar-refractivity contribution < 1.29 is 4.79 Å². The molecule has 2 aliphatic heterocycles. The average Bonchev–Trinajstić information content (AvgIpc) is 3.44. The maximum absolute atomic E-state index is 13.3. The highest BCUT2D eigenvalue weighted by atomic mass is 35.5. The van der Waals surface area contributed by atoms with Crippen LogP contribution in [0, 0.1) is 5.92 Å². The van der Waals surface area contributed by atoms with Crippen molar-refractivity contribution in [2.45, 2.75) is 38.1 Å². The van der Waals surface area contributed by atoms with Gasteiger partial charge in [0.05, 0.1) is 12.4 Å². The maximum atomic E-state index is 13.3. The fraction of sp³-hybridized carbons (Fsp3) is 0.476. The zero-order valence-electron chi connectivity index (χ0n) is 16.7. The van der Waals surface area contributed by atoms with Gasteiger partial charge in [0, 0.05) is 36.6 Å². The fourth-order valence-electron chi connectivity index (χ4n) is 4.72. The molecule has 2 aromatic heterocycles. The lowest BCUT2D eigenvalue weighted by Crippen LogP contribution is -2.45. The van der Waals surface area contributed by atoms with E-state index in [1.807, 2.05) is 18.2 Å².